The molecule has 0 bridgehead atoms. The summed E-state index contributed by atoms with van der Waals surface area (Å²) < 4.78 is 7.16. The van der Waals surface area contributed by atoms with Gasteiger partial charge in [-0.3, -0.25) is 10.1 Å². The smallest absolute Gasteiger partial charge is 0.339 e. The molecule has 0 aliphatic heterocycles. The van der Waals surface area contributed by atoms with Gasteiger partial charge in [-0.15, -0.1) is 11.3 Å². The number of thioether (sulfide) groups is 1. The number of hydrogen-bond donors (Lipinski definition) is 2. The molecule has 2 aromatic carbocycles. The fourth-order valence-corrected chi connectivity index (χ4v) is 4.47. The van der Waals surface area contributed by atoms with E-state index < -0.39 is 24.0 Å². The number of carbonyl (C=O) groups is 3. The predicted octanol–water partition coefficient (Wildman–Crippen LogP) is 3.33. The number of imide groups is 1. The highest BCUT2D eigenvalue weighted by Gasteiger charge is 2.21. The largest absolute Gasteiger partial charge is 0.449 e. The number of nitrogens with zero attached hydrogens (tertiary/aromatic N) is 1. The maximum absolute atomic E-state index is 12.5. The van der Waals surface area contributed by atoms with Crippen molar-refractivity contribution in [3.05, 3.63) is 59.7 Å². The second-order valence-corrected chi connectivity index (χ2v) is 8.05. The molecule has 0 aliphatic rings. The number of para-hydroxylation sites is 1. The number of ether oxygens (including phenoxy) is 1. The van der Waals surface area contributed by atoms with Gasteiger partial charge >= 0.3 is 12.0 Å². The zero-order chi connectivity index (χ0) is 20.1. The molecule has 1 aromatic heterocycles. The van der Waals surface area contributed by atoms with Gasteiger partial charge in [-0.1, -0.05) is 42.1 Å². The van der Waals surface area contributed by atoms with Crippen LogP contribution in [0, 0.1) is 0 Å². The Hall–Kier alpha value is -2.91. The molecule has 0 aliphatic carbocycles. The first kappa shape index (κ1) is 19.8. The molecule has 0 saturated heterocycles. The van der Waals surface area contributed by atoms with Gasteiger partial charge in [-0.05, 0) is 30.7 Å². The zero-order valence-electron chi connectivity index (χ0n) is 14.9. The average molecular weight is 415 g/mol. The van der Waals surface area contributed by atoms with E-state index in [0.29, 0.717) is 11.3 Å². The second-order valence-electron chi connectivity index (χ2n) is 5.79. The first-order valence-electron chi connectivity index (χ1n) is 8.31. The van der Waals surface area contributed by atoms with E-state index in [1.54, 1.807) is 23.5 Å². The zero-order valence-corrected chi connectivity index (χ0v) is 16.5. The van der Waals surface area contributed by atoms with Crippen molar-refractivity contribution in [3.8, 4) is 0 Å². The summed E-state index contributed by atoms with van der Waals surface area (Å²) in [6, 6.07) is 13.9. The van der Waals surface area contributed by atoms with E-state index in [1.165, 1.54) is 18.7 Å². The number of benzene rings is 2. The van der Waals surface area contributed by atoms with Crippen molar-refractivity contribution in [2.75, 3.05) is 0 Å². The summed E-state index contributed by atoms with van der Waals surface area (Å²) in [6.45, 7) is 1.37. The molecule has 28 heavy (non-hydrogen) atoms. The predicted molar refractivity (Wildman–Crippen MR) is 108 cm³/mol. The maximum Gasteiger partial charge on any atom is 0.339 e. The van der Waals surface area contributed by atoms with Crippen LogP contribution in [0.2, 0.25) is 0 Å². The topological polar surface area (TPSA) is 111 Å². The van der Waals surface area contributed by atoms with Crippen molar-refractivity contribution in [2.45, 2.75) is 23.1 Å². The summed E-state index contributed by atoms with van der Waals surface area (Å²) in [5.74, 6) is -0.901. The van der Waals surface area contributed by atoms with Crippen LogP contribution in [0.5, 0.6) is 0 Å². The van der Waals surface area contributed by atoms with Crippen LogP contribution in [0.4, 0.5) is 4.79 Å². The van der Waals surface area contributed by atoms with Gasteiger partial charge in [0.25, 0.3) is 5.91 Å². The minimum absolute atomic E-state index is 0.356. The lowest BCUT2D eigenvalue weighted by molar-refractivity contribution is -0.127. The van der Waals surface area contributed by atoms with Gasteiger partial charge in [0.1, 0.15) is 0 Å². The fourth-order valence-electron chi connectivity index (χ4n) is 2.40. The van der Waals surface area contributed by atoms with Gasteiger partial charge in [-0.2, -0.15) is 0 Å². The second kappa shape index (κ2) is 8.85. The lowest BCUT2D eigenvalue weighted by atomic mass is 10.1. The normalized spacial score (nSPS) is 11.8. The number of amides is 3. The number of primary amides is 1. The molecule has 3 aromatic rings. The van der Waals surface area contributed by atoms with E-state index in [1.807, 2.05) is 41.7 Å². The summed E-state index contributed by atoms with van der Waals surface area (Å²) in [6.07, 6.45) is -1.15. The lowest BCUT2D eigenvalue weighted by Gasteiger charge is -2.13. The number of fused-ring (bicyclic) bond motifs is 1. The van der Waals surface area contributed by atoms with E-state index in [-0.39, 0.29) is 0 Å². The minimum Gasteiger partial charge on any atom is -0.449 e. The monoisotopic (exact) mass is 415 g/mol. The molecule has 9 heteroatoms. The number of nitrogens with two attached hydrogens (primary N) is 1. The van der Waals surface area contributed by atoms with Crippen molar-refractivity contribution in [3.63, 3.8) is 0 Å². The first-order chi connectivity index (χ1) is 13.4. The molecule has 0 saturated carbocycles. The van der Waals surface area contributed by atoms with Crippen molar-refractivity contribution >= 4 is 51.2 Å². The van der Waals surface area contributed by atoms with E-state index in [0.717, 1.165) is 20.1 Å². The van der Waals surface area contributed by atoms with E-state index in [4.69, 9.17) is 10.5 Å². The summed E-state index contributed by atoms with van der Waals surface area (Å²) >= 11 is 3.11. The average Bonchev–Trinajstić information content (AvgIpc) is 3.09. The summed E-state index contributed by atoms with van der Waals surface area (Å²) in [4.78, 5) is 39.5. The van der Waals surface area contributed by atoms with Crippen molar-refractivity contribution in [2.24, 2.45) is 5.73 Å². The summed E-state index contributed by atoms with van der Waals surface area (Å²) in [5, 5.41) is 1.89. The third-order valence-electron chi connectivity index (χ3n) is 3.76. The Bertz CT molecular complexity index is 1000. The summed E-state index contributed by atoms with van der Waals surface area (Å²) in [5.41, 5.74) is 6.96. The Morgan fingerprint density at radius 2 is 1.89 bits per heavy atom. The van der Waals surface area contributed by atoms with Crippen LogP contribution in [-0.2, 0) is 15.3 Å². The number of hydrogen-bond acceptors (Lipinski definition) is 7. The van der Waals surface area contributed by atoms with Crippen LogP contribution in [-0.4, -0.2) is 29.0 Å². The number of carbonyl (C=O) groups excluding carboxylic acids is 3. The molecule has 0 spiro atoms. The van der Waals surface area contributed by atoms with E-state index in [9.17, 15) is 14.4 Å². The van der Waals surface area contributed by atoms with Crippen LogP contribution in [0.1, 0.15) is 22.8 Å². The molecule has 3 rings (SSSR count). The Morgan fingerprint density at radius 3 is 2.64 bits per heavy atom. The highest BCUT2D eigenvalue weighted by Crippen LogP contribution is 2.32. The molecule has 3 N–H and O–H groups in total. The van der Waals surface area contributed by atoms with Gasteiger partial charge < -0.3 is 10.5 Å². The van der Waals surface area contributed by atoms with Gasteiger partial charge in [0.2, 0.25) is 0 Å². The quantitative estimate of drug-likeness (QED) is 0.472. The standard InChI is InChI=1S/C19H17N3O4S2/c1-11(16(23)22-18(20)25)26-17(24)13-7-3-2-6-12(13)10-27-19-21-14-8-4-5-9-15(14)28-19/h2-9,11H,10H2,1H3,(H3,20,22,23,25)/t11-/m0/s1. The molecule has 0 unspecified atom stereocenters. The molecule has 1 heterocycles. The molecule has 3 amide bonds. The molecule has 0 fully saturated rings. The van der Waals surface area contributed by atoms with Crippen molar-refractivity contribution in [1.29, 1.82) is 0 Å². The van der Waals surface area contributed by atoms with E-state index in [2.05, 4.69) is 4.98 Å². The third-order valence-corrected chi connectivity index (χ3v) is 5.99. The number of thiazole rings is 1. The summed E-state index contributed by atoms with van der Waals surface area (Å²) in [7, 11) is 0. The third kappa shape index (κ3) is 4.87. The Morgan fingerprint density at radius 1 is 1.18 bits per heavy atom. The number of urea groups is 1. The van der Waals surface area contributed by atoms with Crippen LogP contribution in [0.3, 0.4) is 0 Å². The highest BCUT2D eigenvalue weighted by molar-refractivity contribution is 8.00. The lowest BCUT2D eigenvalue weighted by Crippen LogP contribution is -2.42. The van der Waals surface area contributed by atoms with Crippen LogP contribution in [0.15, 0.2) is 52.9 Å². The number of rotatable bonds is 6. The Balaban J connectivity index is 1.69. The van der Waals surface area contributed by atoms with Crippen LogP contribution < -0.4 is 11.1 Å². The highest BCUT2D eigenvalue weighted by atomic mass is 32.2. The van der Waals surface area contributed by atoms with E-state index >= 15 is 0 Å². The molecular weight excluding hydrogens is 398 g/mol. The first-order valence-corrected chi connectivity index (χ1v) is 10.1. The number of aromatic nitrogens is 1. The van der Waals surface area contributed by atoms with Crippen LogP contribution in [0.25, 0.3) is 10.2 Å². The van der Waals surface area contributed by atoms with Gasteiger partial charge in [0, 0.05) is 5.75 Å². The van der Waals surface area contributed by atoms with Gasteiger partial charge in [-0.25, -0.2) is 14.6 Å². The molecule has 1 atom stereocenters. The number of esters is 1. The SMILES string of the molecule is C[C@H](OC(=O)c1ccccc1CSc1nc2ccccc2s1)C(=O)NC(N)=O. The maximum atomic E-state index is 12.5. The van der Waals surface area contributed by atoms with Crippen molar-refractivity contribution in [1.82, 2.24) is 10.3 Å². The molecule has 144 valence electrons. The molecule has 0 radical (unpaired) electrons. The van der Waals surface area contributed by atoms with Crippen molar-refractivity contribution < 1.29 is 19.1 Å². The minimum atomic E-state index is -1.15. The molecule has 7 nitrogen and oxygen atoms in total. The Kier molecular flexibility index (Phi) is 6.27. The van der Waals surface area contributed by atoms with Gasteiger partial charge in [0.05, 0.1) is 15.8 Å². The molecular formula is C19H17N3O4S2. The Labute approximate surface area is 169 Å². The number of nitrogens with one attached hydrogen (secondary N) is 1. The van der Waals surface area contributed by atoms with Crippen LogP contribution >= 0.6 is 23.1 Å². The van der Waals surface area contributed by atoms with Gasteiger partial charge in [0.15, 0.2) is 10.4 Å². The fraction of sp³-hybridized carbons (Fsp3) is 0.158.